The highest BCUT2D eigenvalue weighted by atomic mass is 16.3. The number of nitrogens with one attached hydrogen (secondary N) is 1. The molecule has 1 heterocycles. The van der Waals surface area contributed by atoms with E-state index in [1.807, 2.05) is 6.07 Å². The monoisotopic (exact) mass is 183 g/mol. The van der Waals surface area contributed by atoms with Gasteiger partial charge < -0.3 is 10.8 Å². The van der Waals surface area contributed by atoms with E-state index in [1.165, 1.54) is 0 Å². The fourth-order valence-corrected chi connectivity index (χ4v) is 1.01. The topological polar surface area (TPSA) is 74.9 Å². The van der Waals surface area contributed by atoms with Crippen LogP contribution in [0.25, 0.3) is 0 Å². The van der Waals surface area contributed by atoms with Crippen molar-refractivity contribution in [2.24, 2.45) is 5.73 Å². The molecule has 74 valence electrons. The molecule has 1 atom stereocenters. The average molecular weight is 183 g/mol. The molecule has 13 heavy (non-hydrogen) atoms. The lowest BCUT2D eigenvalue weighted by Crippen LogP contribution is -2.15. The van der Waals surface area contributed by atoms with Gasteiger partial charge in [0.2, 0.25) is 0 Å². The zero-order chi connectivity index (χ0) is 10.1. The molecule has 0 aliphatic heterocycles. The summed E-state index contributed by atoms with van der Waals surface area (Å²) in [5.41, 5.74) is 7.40. The second kappa shape index (κ2) is 3.47. The highest BCUT2D eigenvalue weighted by Crippen LogP contribution is 2.21. The van der Waals surface area contributed by atoms with Gasteiger partial charge >= 0.3 is 0 Å². The molecule has 0 aromatic carbocycles. The lowest BCUT2D eigenvalue weighted by Gasteiger charge is -2.13. The van der Waals surface area contributed by atoms with Crippen LogP contribution in [0.5, 0.6) is 0 Å². The first-order valence-electron chi connectivity index (χ1n) is 4.37. The number of aromatic nitrogens is 2. The van der Waals surface area contributed by atoms with E-state index in [2.05, 4.69) is 31.0 Å². The molecule has 4 heteroatoms. The Labute approximate surface area is 78.2 Å². The Morgan fingerprint density at radius 1 is 1.62 bits per heavy atom. The van der Waals surface area contributed by atoms with Crippen LogP contribution >= 0.6 is 0 Å². The Kier molecular flexibility index (Phi) is 2.73. The molecule has 0 bridgehead atoms. The van der Waals surface area contributed by atoms with Crippen molar-refractivity contribution < 1.29 is 5.11 Å². The van der Waals surface area contributed by atoms with Crippen LogP contribution in [-0.2, 0) is 5.41 Å². The summed E-state index contributed by atoms with van der Waals surface area (Å²) in [4.78, 5) is 0. The molecular weight excluding hydrogens is 166 g/mol. The number of H-pyrrole nitrogens is 1. The number of aliphatic hydroxyl groups excluding tert-OH is 1. The van der Waals surface area contributed by atoms with Gasteiger partial charge in [-0.25, -0.2) is 0 Å². The van der Waals surface area contributed by atoms with Crippen LogP contribution in [0.2, 0.25) is 0 Å². The fourth-order valence-electron chi connectivity index (χ4n) is 1.01. The summed E-state index contributed by atoms with van der Waals surface area (Å²) >= 11 is 0. The lowest BCUT2D eigenvalue weighted by atomic mass is 9.92. The van der Waals surface area contributed by atoms with Crippen LogP contribution in [0.15, 0.2) is 6.07 Å². The third-order valence-electron chi connectivity index (χ3n) is 1.96. The molecule has 0 saturated carbocycles. The van der Waals surface area contributed by atoms with Crippen LogP contribution in [-0.4, -0.2) is 21.9 Å². The average Bonchev–Trinajstić information content (AvgIpc) is 2.50. The molecule has 0 amide bonds. The molecule has 0 fully saturated rings. The Balaban J connectivity index is 2.87. The van der Waals surface area contributed by atoms with Crippen molar-refractivity contribution in [3.05, 3.63) is 17.5 Å². The number of hydrogen-bond donors (Lipinski definition) is 3. The van der Waals surface area contributed by atoms with Crippen molar-refractivity contribution in [1.82, 2.24) is 10.2 Å². The Morgan fingerprint density at radius 2 is 2.23 bits per heavy atom. The van der Waals surface area contributed by atoms with Crippen molar-refractivity contribution in [1.29, 1.82) is 0 Å². The molecule has 0 radical (unpaired) electrons. The summed E-state index contributed by atoms with van der Waals surface area (Å²) in [5, 5.41) is 15.8. The molecule has 4 N–H and O–H groups in total. The second-order valence-electron chi connectivity index (χ2n) is 4.25. The Bertz CT molecular complexity index is 275. The lowest BCUT2D eigenvalue weighted by molar-refractivity contribution is 0.266. The Hall–Kier alpha value is -0.870. The minimum atomic E-state index is -0.358. The zero-order valence-corrected chi connectivity index (χ0v) is 8.33. The molecule has 0 aliphatic carbocycles. The van der Waals surface area contributed by atoms with E-state index < -0.39 is 0 Å². The van der Waals surface area contributed by atoms with Gasteiger partial charge in [-0.05, 0) is 6.07 Å². The van der Waals surface area contributed by atoms with Gasteiger partial charge in [-0.2, -0.15) is 5.10 Å². The van der Waals surface area contributed by atoms with Gasteiger partial charge in [0.1, 0.15) is 0 Å². The SMILES string of the molecule is CC(C)(C)c1cc(C(N)CO)[nH]n1. The standard InChI is InChI=1S/C9H17N3O/c1-9(2,3)8-4-7(11-12-8)6(10)5-13/h4,6,13H,5,10H2,1-3H3,(H,11,12). The maximum Gasteiger partial charge on any atom is 0.0699 e. The van der Waals surface area contributed by atoms with E-state index in [-0.39, 0.29) is 18.1 Å². The summed E-state index contributed by atoms with van der Waals surface area (Å²) in [7, 11) is 0. The number of nitrogens with two attached hydrogens (primary N) is 1. The summed E-state index contributed by atoms with van der Waals surface area (Å²) in [6.45, 7) is 6.18. The van der Waals surface area contributed by atoms with Gasteiger partial charge in [-0.1, -0.05) is 20.8 Å². The highest BCUT2D eigenvalue weighted by molar-refractivity contribution is 5.18. The molecular formula is C9H17N3O. The van der Waals surface area contributed by atoms with Crippen molar-refractivity contribution >= 4 is 0 Å². The van der Waals surface area contributed by atoms with E-state index >= 15 is 0 Å². The molecule has 1 unspecified atom stereocenters. The predicted molar refractivity (Wildman–Crippen MR) is 51.3 cm³/mol. The molecule has 0 aliphatic rings. The molecule has 1 aromatic heterocycles. The molecule has 0 saturated heterocycles. The van der Waals surface area contributed by atoms with Crippen molar-refractivity contribution in [2.45, 2.75) is 32.2 Å². The molecule has 4 nitrogen and oxygen atoms in total. The van der Waals surface area contributed by atoms with E-state index in [1.54, 1.807) is 0 Å². The molecule has 0 spiro atoms. The number of rotatable bonds is 2. The van der Waals surface area contributed by atoms with Crippen molar-refractivity contribution in [3.8, 4) is 0 Å². The van der Waals surface area contributed by atoms with Gasteiger partial charge in [0.25, 0.3) is 0 Å². The zero-order valence-electron chi connectivity index (χ0n) is 8.33. The molecule has 1 rings (SSSR count). The molecule has 1 aromatic rings. The second-order valence-corrected chi connectivity index (χ2v) is 4.25. The van der Waals surface area contributed by atoms with Crippen LogP contribution in [0.4, 0.5) is 0 Å². The number of aromatic amines is 1. The minimum absolute atomic E-state index is 0.0178. The summed E-state index contributed by atoms with van der Waals surface area (Å²) in [6.07, 6.45) is 0. The number of aliphatic hydroxyl groups is 1. The summed E-state index contributed by atoms with van der Waals surface area (Å²) < 4.78 is 0. The largest absolute Gasteiger partial charge is 0.394 e. The van der Waals surface area contributed by atoms with E-state index in [9.17, 15) is 0 Å². The summed E-state index contributed by atoms with van der Waals surface area (Å²) in [6, 6.07) is 1.55. The van der Waals surface area contributed by atoms with Crippen molar-refractivity contribution in [2.75, 3.05) is 6.61 Å². The number of hydrogen-bond acceptors (Lipinski definition) is 3. The summed E-state index contributed by atoms with van der Waals surface area (Å²) in [5.74, 6) is 0. The van der Waals surface area contributed by atoms with E-state index in [0.717, 1.165) is 11.4 Å². The first kappa shape index (κ1) is 10.2. The van der Waals surface area contributed by atoms with Gasteiger partial charge in [-0.15, -0.1) is 0 Å². The maximum atomic E-state index is 8.83. The fraction of sp³-hybridized carbons (Fsp3) is 0.667. The minimum Gasteiger partial charge on any atom is -0.394 e. The first-order chi connectivity index (χ1) is 5.95. The van der Waals surface area contributed by atoms with E-state index in [4.69, 9.17) is 10.8 Å². The van der Waals surface area contributed by atoms with Gasteiger partial charge in [0, 0.05) is 5.41 Å². The third-order valence-corrected chi connectivity index (χ3v) is 1.96. The number of nitrogens with zero attached hydrogens (tertiary/aromatic N) is 1. The Morgan fingerprint density at radius 3 is 2.62 bits per heavy atom. The van der Waals surface area contributed by atoms with Crippen LogP contribution in [0.1, 0.15) is 38.2 Å². The predicted octanol–water partition coefficient (Wildman–Crippen LogP) is 0.699. The highest BCUT2D eigenvalue weighted by Gasteiger charge is 2.18. The third kappa shape index (κ3) is 2.29. The smallest absolute Gasteiger partial charge is 0.0699 e. The van der Waals surface area contributed by atoms with E-state index in [0.29, 0.717) is 0 Å². The first-order valence-corrected chi connectivity index (χ1v) is 4.37. The van der Waals surface area contributed by atoms with Crippen molar-refractivity contribution in [3.63, 3.8) is 0 Å². The van der Waals surface area contributed by atoms with Crippen LogP contribution < -0.4 is 5.73 Å². The quantitative estimate of drug-likeness (QED) is 0.631. The normalized spacial score (nSPS) is 14.5. The van der Waals surface area contributed by atoms with Gasteiger partial charge in [0.15, 0.2) is 0 Å². The van der Waals surface area contributed by atoms with Crippen LogP contribution in [0.3, 0.4) is 0 Å². The van der Waals surface area contributed by atoms with Gasteiger partial charge in [0.05, 0.1) is 24.0 Å². The van der Waals surface area contributed by atoms with Crippen LogP contribution in [0, 0.1) is 0 Å². The maximum absolute atomic E-state index is 8.83. The van der Waals surface area contributed by atoms with Gasteiger partial charge in [-0.3, -0.25) is 5.10 Å².